The van der Waals surface area contributed by atoms with Crippen molar-refractivity contribution >= 4 is 32.2 Å². The van der Waals surface area contributed by atoms with Gasteiger partial charge in [-0.3, -0.25) is 0 Å². The largest absolute Gasteiger partial charge is 0.496 e. The number of benzene rings is 2. The molecule has 6 nitrogen and oxygen atoms in total. The third-order valence-corrected chi connectivity index (χ3v) is 4.87. The lowest BCUT2D eigenvalue weighted by Gasteiger charge is -2.06. The third kappa shape index (κ3) is 4.72. The van der Waals surface area contributed by atoms with Crippen LogP contribution < -0.4 is 14.3 Å². The minimum atomic E-state index is -3.72. The minimum Gasteiger partial charge on any atom is -0.496 e. The fourth-order valence-corrected chi connectivity index (χ4v) is 3.22. The Morgan fingerprint density at radius 1 is 1.21 bits per heavy atom. The molecule has 0 aromatic heterocycles. The van der Waals surface area contributed by atoms with E-state index in [-0.39, 0.29) is 4.90 Å². The van der Waals surface area contributed by atoms with Crippen LogP contribution in [0.1, 0.15) is 12.5 Å². The predicted molar refractivity (Wildman–Crippen MR) is 96.2 cm³/mol. The highest BCUT2D eigenvalue weighted by molar-refractivity contribution is 9.10. The van der Waals surface area contributed by atoms with Crippen LogP contribution in [-0.4, -0.2) is 28.3 Å². The van der Waals surface area contributed by atoms with Crippen molar-refractivity contribution in [3.63, 3.8) is 0 Å². The summed E-state index contributed by atoms with van der Waals surface area (Å²) in [7, 11) is -2.16. The van der Waals surface area contributed by atoms with Crippen LogP contribution in [0.5, 0.6) is 11.5 Å². The van der Waals surface area contributed by atoms with Gasteiger partial charge in [0, 0.05) is 0 Å². The molecule has 128 valence electrons. The molecular formula is C16H17BrN2O4S. The fourth-order valence-electron chi connectivity index (χ4n) is 1.87. The number of ether oxygens (including phenoxy) is 2. The van der Waals surface area contributed by atoms with Crippen molar-refractivity contribution in [1.29, 1.82) is 0 Å². The lowest BCUT2D eigenvalue weighted by Crippen LogP contribution is -2.18. The van der Waals surface area contributed by atoms with Crippen LogP contribution in [-0.2, 0) is 10.0 Å². The van der Waals surface area contributed by atoms with Crippen molar-refractivity contribution in [2.24, 2.45) is 5.10 Å². The molecule has 0 bridgehead atoms. The fraction of sp³-hybridized carbons (Fsp3) is 0.188. The Bertz CT molecular complexity index is 820. The zero-order valence-corrected chi connectivity index (χ0v) is 15.6. The van der Waals surface area contributed by atoms with Crippen molar-refractivity contribution in [1.82, 2.24) is 4.83 Å². The normalized spacial score (nSPS) is 11.5. The molecule has 0 atom stereocenters. The van der Waals surface area contributed by atoms with Crippen LogP contribution >= 0.6 is 15.9 Å². The summed E-state index contributed by atoms with van der Waals surface area (Å²) in [6.07, 6.45) is 1.41. The quantitative estimate of drug-likeness (QED) is 0.559. The summed E-state index contributed by atoms with van der Waals surface area (Å²) >= 11 is 3.36. The average molecular weight is 413 g/mol. The number of hydrogen-bond donors (Lipinski definition) is 1. The first-order chi connectivity index (χ1) is 11.5. The molecule has 0 fully saturated rings. The summed E-state index contributed by atoms with van der Waals surface area (Å²) in [5, 5.41) is 3.79. The molecule has 8 heteroatoms. The molecule has 0 aliphatic heterocycles. The monoisotopic (exact) mass is 412 g/mol. The van der Waals surface area contributed by atoms with Gasteiger partial charge in [-0.1, -0.05) is 0 Å². The minimum absolute atomic E-state index is 0.110. The van der Waals surface area contributed by atoms with E-state index < -0.39 is 10.0 Å². The zero-order valence-electron chi connectivity index (χ0n) is 13.2. The van der Waals surface area contributed by atoms with E-state index in [0.29, 0.717) is 18.1 Å². The number of hydrazone groups is 1. The Kier molecular flexibility index (Phi) is 6.22. The van der Waals surface area contributed by atoms with Gasteiger partial charge in [0.05, 0.1) is 29.3 Å². The van der Waals surface area contributed by atoms with Crippen LogP contribution in [0.2, 0.25) is 0 Å². The maximum atomic E-state index is 12.2. The average Bonchev–Trinajstić information content (AvgIpc) is 2.56. The van der Waals surface area contributed by atoms with Gasteiger partial charge in [-0.2, -0.15) is 13.5 Å². The van der Waals surface area contributed by atoms with Crippen LogP contribution in [0.15, 0.2) is 56.9 Å². The van der Waals surface area contributed by atoms with Gasteiger partial charge in [0.25, 0.3) is 10.0 Å². The Balaban J connectivity index is 2.07. The molecule has 0 aliphatic rings. The van der Waals surface area contributed by atoms with Crippen molar-refractivity contribution in [3.8, 4) is 11.5 Å². The topological polar surface area (TPSA) is 77.0 Å². The molecule has 0 heterocycles. The Hall–Kier alpha value is -2.06. The number of methoxy groups -OCH3 is 1. The lowest BCUT2D eigenvalue weighted by molar-refractivity contribution is 0.340. The van der Waals surface area contributed by atoms with Crippen molar-refractivity contribution in [3.05, 3.63) is 52.5 Å². The van der Waals surface area contributed by atoms with Gasteiger partial charge in [-0.05, 0) is 70.9 Å². The number of sulfonamides is 1. The van der Waals surface area contributed by atoms with E-state index in [1.165, 1.54) is 18.3 Å². The van der Waals surface area contributed by atoms with E-state index in [0.717, 1.165) is 10.0 Å². The number of nitrogens with one attached hydrogen (secondary N) is 1. The highest BCUT2D eigenvalue weighted by Crippen LogP contribution is 2.24. The summed E-state index contributed by atoms with van der Waals surface area (Å²) in [4.78, 5) is 2.29. The molecule has 0 saturated carbocycles. The van der Waals surface area contributed by atoms with Gasteiger partial charge in [0.15, 0.2) is 0 Å². The molecule has 1 N–H and O–H groups in total. The number of halogens is 1. The van der Waals surface area contributed by atoms with Gasteiger partial charge < -0.3 is 9.47 Å². The van der Waals surface area contributed by atoms with E-state index in [1.807, 2.05) is 6.92 Å². The highest BCUT2D eigenvalue weighted by atomic mass is 79.9. The molecule has 0 unspecified atom stereocenters. The maximum Gasteiger partial charge on any atom is 0.276 e. The SMILES string of the molecule is CCOc1ccc(S(=O)(=O)N/N=C\c2ccc(OC)c(Br)c2)cc1. The standard InChI is InChI=1S/C16H17BrN2O4S/c1-3-23-13-5-7-14(8-6-13)24(20,21)19-18-11-12-4-9-16(22-2)15(17)10-12/h4-11,19H,3H2,1-2H3/b18-11-. The summed E-state index contributed by atoms with van der Waals surface area (Å²) in [6, 6.07) is 11.4. The molecule has 2 aromatic rings. The van der Waals surface area contributed by atoms with Crippen LogP contribution in [0.3, 0.4) is 0 Å². The Morgan fingerprint density at radius 2 is 1.92 bits per heavy atom. The first kappa shape index (κ1) is 18.3. The molecule has 0 saturated heterocycles. The maximum absolute atomic E-state index is 12.2. The van der Waals surface area contributed by atoms with Crippen molar-refractivity contribution in [2.75, 3.05) is 13.7 Å². The third-order valence-electron chi connectivity index (χ3n) is 3.01. The molecule has 2 rings (SSSR count). The van der Waals surface area contributed by atoms with E-state index in [9.17, 15) is 8.42 Å². The molecule has 0 aliphatic carbocycles. The zero-order chi connectivity index (χ0) is 17.6. The molecular weight excluding hydrogens is 396 g/mol. The second-order valence-electron chi connectivity index (χ2n) is 4.65. The van der Waals surface area contributed by atoms with Crippen LogP contribution in [0, 0.1) is 0 Å². The molecule has 0 amide bonds. The van der Waals surface area contributed by atoms with Crippen LogP contribution in [0.4, 0.5) is 0 Å². The highest BCUT2D eigenvalue weighted by Gasteiger charge is 2.12. The van der Waals surface area contributed by atoms with Crippen LogP contribution in [0.25, 0.3) is 0 Å². The lowest BCUT2D eigenvalue weighted by atomic mass is 10.2. The summed E-state index contributed by atoms with van der Waals surface area (Å²) in [6.45, 7) is 2.38. The second kappa shape index (κ2) is 8.16. The van der Waals surface area contributed by atoms with E-state index in [2.05, 4.69) is 25.9 Å². The summed E-state index contributed by atoms with van der Waals surface area (Å²) in [5.41, 5.74) is 0.720. The van der Waals surface area contributed by atoms with Gasteiger partial charge in [0.1, 0.15) is 11.5 Å². The van der Waals surface area contributed by atoms with Gasteiger partial charge in [-0.15, -0.1) is 0 Å². The first-order valence-corrected chi connectivity index (χ1v) is 9.35. The predicted octanol–water partition coefficient (Wildman–Crippen LogP) is 3.17. The van der Waals surface area contributed by atoms with Gasteiger partial charge in [0.2, 0.25) is 0 Å². The smallest absolute Gasteiger partial charge is 0.276 e. The molecule has 24 heavy (non-hydrogen) atoms. The molecule has 0 radical (unpaired) electrons. The Morgan fingerprint density at radius 3 is 2.50 bits per heavy atom. The Labute approximate surface area is 149 Å². The molecule has 2 aromatic carbocycles. The number of nitrogens with zero attached hydrogens (tertiary/aromatic N) is 1. The van der Waals surface area contributed by atoms with E-state index >= 15 is 0 Å². The second-order valence-corrected chi connectivity index (χ2v) is 7.17. The summed E-state index contributed by atoms with van der Waals surface area (Å²) in [5.74, 6) is 1.30. The van der Waals surface area contributed by atoms with E-state index in [1.54, 1.807) is 37.4 Å². The number of hydrogen-bond acceptors (Lipinski definition) is 5. The summed E-state index contributed by atoms with van der Waals surface area (Å²) < 4.78 is 35.5. The van der Waals surface area contributed by atoms with Gasteiger partial charge >= 0.3 is 0 Å². The van der Waals surface area contributed by atoms with Gasteiger partial charge in [-0.25, -0.2) is 4.83 Å². The van der Waals surface area contributed by atoms with Crippen molar-refractivity contribution < 1.29 is 17.9 Å². The number of rotatable bonds is 7. The first-order valence-electron chi connectivity index (χ1n) is 7.07. The van der Waals surface area contributed by atoms with E-state index in [4.69, 9.17) is 9.47 Å². The molecule has 0 spiro atoms. The van der Waals surface area contributed by atoms with Crippen molar-refractivity contribution in [2.45, 2.75) is 11.8 Å².